The van der Waals surface area contributed by atoms with Crippen LogP contribution in [0.4, 0.5) is 4.79 Å². The van der Waals surface area contributed by atoms with E-state index in [1.54, 1.807) is 0 Å². The third-order valence-corrected chi connectivity index (χ3v) is 4.00. The van der Waals surface area contributed by atoms with Gasteiger partial charge in [0.05, 0.1) is 13.2 Å². The number of hydrogen-bond acceptors (Lipinski definition) is 4. The number of alkyl carbamates (subject to hydrolysis) is 1. The summed E-state index contributed by atoms with van der Waals surface area (Å²) >= 11 is 0. The second-order valence-electron chi connectivity index (χ2n) is 6.24. The first-order valence-electron chi connectivity index (χ1n) is 9.38. The summed E-state index contributed by atoms with van der Waals surface area (Å²) in [5.74, 6) is -1.28. The van der Waals surface area contributed by atoms with E-state index in [-0.39, 0.29) is 6.61 Å². The molecule has 0 bridgehead atoms. The van der Waals surface area contributed by atoms with Gasteiger partial charge in [0.1, 0.15) is 0 Å². The highest BCUT2D eigenvalue weighted by Gasteiger charge is 2.19. The Bertz CT molecular complexity index is 323. The van der Waals surface area contributed by atoms with E-state index in [4.69, 9.17) is 14.9 Å². The van der Waals surface area contributed by atoms with Gasteiger partial charge >= 0.3 is 12.1 Å². The highest BCUT2D eigenvalue weighted by Crippen LogP contribution is 2.11. The first kappa shape index (κ1) is 22.7. The summed E-state index contributed by atoms with van der Waals surface area (Å²) in [7, 11) is 0. The molecule has 0 aromatic rings. The molecule has 0 saturated heterocycles. The lowest BCUT2D eigenvalue weighted by molar-refractivity contribution is -0.140. The number of carboxylic acids is 1. The minimum Gasteiger partial charge on any atom is -0.480 e. The quantitative estimate of drug-likeness (QED) is 0.369. The van der Waals surface area contributed by atoms with E-state index in [0.29, 0.717) is 0 Å². The Hall–Kier alpha value is -1.30. The van der Waals surface area contributed by atoms with Gasteiger partial charge in [0, 0.05) is 0 Å². The molecule has 0 radical (unpaired) electrons. The molecule has 0 rings (SSSR count). The number of carbonyl (C=O) groups is 2. The second kappa shape index (κ2) is 16.6. The maximum absolute atomic E-state index is 11.3. The SMILES string of the molecule is CCCCCCCCCCCCCCOC(=O)N[C@@H](CO)C(=O)O. The number of aliphatic carboxylic acids is 1. The van der Waals surface area contributed by atoms with Crippen molar-refractivity contribution in [3.63, 3.8) is 0 Å². The molecule has 0 unspecified atom stereocenters. The van der Waals surface area contributed by atoms with E-state index >= 15 is 0 Å². The van der Waals surface area contributed by atoms with E-state index in [1.807, 2.05) is 0 Å². The molecule has 1 amide bonds. The fraction of sp³-hybridized carbons (Fsp3) is 0.889. The van der Waals surface area contributed by atoms with Crippen molar-refractivity contribution in [3.8, 4) is 0 Å². The number of carboxylic acid groups (broad SMARTS) is 1. The topological polar surface area (TPSA) is 95.9 Å². The average molecular weight is 345 g/mol. The molecule has 24 heavy (non-hydrogen) atoms. The Morgan fingerprint density at radius 3 is 1.75 bits per heavy atom. The number of nitrogens with one attached hydrogen (secondary N) is 1. The van der Waals surface area contributed by atoms with Crippen LogP contribution in [0.15, 0.2) is 0 Å². The van der Waals surface area contributed by atoms with Crippen molar-refractivity contribution < 1.29 is 24.5 Å². The van der Waals surface area contributed by atoms with Crippen LogP contribution in [-0.2, 0) is 9.53 Å². The predicted molar refractivity (Wildman–Crippen MR) is 94.1 cm³/mol. The maximum atomic E-state index is 11.3. The van der Waals surface area contributed by atoms with Crippen LogP contribution in [-0.4, -0.2) is 41.5 Å². The van der Waals surface area contributed by atoms with Crippen LogP contribution < -0.4 is 5.32 Å². The van der Waals surface area contributed by atoms with E-state index in [0.717, 1.165) is 19.3 Å². The molecular formula is C18H35NO5. The zero-order valence-corrected chi connectivity index (χ0v) is 15.1. The smallest absolute Gasteiger partial charge is 0.407 e. The molecule has 0 aromatic heterocycles. The lowest BCUT2D eigenvalue weighted by Crippen LogP contribution is -2.43. The lowest BCUT2D eigenvalue weighted by atomic mass is 10.1. The summed E-state index contributed by atoms with van der Waals surface area (Å²) in [6.45, 7) is 1.86. The van der Waals surface area contributed by atoms with Crippen molar-refractivity contribution in [2.45, 2.75) is 90.0 Å². The summed E-state index contributed by atoms with van der Waals surface area (Å²) in [6.07, 6.45) is 14.0. The number of aliphatic hydroxyl groups is 1. The molecule has 142 valence electrons. The number of aliphatic hydroxyl groups excluding tert-OH is 1. The maximum Gasteiger partial charge on any atom is 0.407 e. The summed E-state index contributed by atoms with van der Waals surface area (Å²) in [4.78, 5) is 21.9. The molecule has 0 aliphatic rings. The van der Waals surface area contributed by atoms with Crippen LogP contribution in [0.3, 0.4) is 0 Å². The number of carbonyl (C=O) groups excluding carboxylic acids is 1. The van der Waals surface area contributed by atoms with Crippen LogP contribution in [0.2, 0.25) is 0 Å². The predicted octanol–water partition coefficient (Wildman–Crippen LogP) is 3.86. The Morgan fingerprint density at radius 1 is 0.875 bits per heavy atom. The summed E-state index contributed by atoms with van der Waals surface area (Å²) in [5.41, 5.74) is 0. The molecule has 3 N–H and O–H groups in total. The van der Waals surface area contributed by atoms with Gasteiger partial charge in [-0.15, -0.1) is 0 Å². The monoisotopic (exact) mass is 345 g/mol. The van der Waals surface area contributed by atoms with Gasteiger partial charge in [-0.05, 0) is 6.42 Å². The van der Waals surface area contributed by atoms with Crippen LogP contribution in [0.25, 0.3) is 0 Å². The van der Waals surface area contributed by atoms with E-state index in [9.17, 15) is 9.59 Å². The average Bonchev–Trinajstić information content (AvgIpc) is 2.56. The minimum atomic E-state index is -1.31. The zero-order valence-electron chi connectivity index (χ0n) is 15.1. The third kappa shape index (κ3) is 14.3. The van der Waals surface area contributed by atoms with Gasteiger partial charge in [-0.3, -0.25) is 0 Å². The van der Waals surface area contributed by atoms with Crippen molar-refractivity contribution in [2.24, 2.45) is 0 Å². The first-order valence-corrected chi connectivity index (χ1v) is 9.38. The molecule has 0 spiro atoms. The fourth-order valence-electron chi connectivity index (χ4n) is 2.48. The van der Waals surface area contributed by atoms with Crippen LogP contribution >= 0.6 is 0 Å². The molecule has 0 aliphatic carbocycles. The van der Waals surface area contributed by atoms with Crippen molar-refractivity contribution >= 4 is 12.1 Å². The number of amides is 1. The van der Waals surface area contributed by atoms with Crippen molar-refractivity contribution in [1.29, 1.82) is 0 Å². The molecule has 0 aromatic carbocycles. The molecule has 0 fully saturated rings. The Labute approximate surface area is 146 Å². The van der Waals surface area contributed by atoms with Gasteiger partial charge in [-0.25, -0.2) is 9.59 Å². The van der Waals surface area contributed by atoms with Crippen LogP contribution in [0.1, 0.15) is 84.0 Å². The number of hydrogen-bond donors (Lipinski definition) is 3. The highest BCUT2D eigenvalue weighted by atomic mass is 16.5. The Kier molecular flexibility index (Phi) is 15.7. The van der Waals surface area contributed by atoms with Gasteiger partial charge in [-0.1, -0.05) is 77.6 Å². The normalized spacial score (nSPS) is 11.9. The molecular weight excluding hydrogens is 310 g/mol. The van der Waals surface area contributed by atoms with Gasteiger partial charge in [0.25, 0.3) is 0 Å². The molecule has 6 heteroatoms. The number of ether oxygens (including phenoxy) is 1. The fourth-order valence-corrected chi connectivity index (χ4v) is 2.48. The second-order valence-corrected chi connectivity index (χ2v) is 6.24. The zero-order chi connectivity index (χ0) is 18.0. The van der Waals surface area contributed by atoms with Crippen molar-refractivity contribution in [1.82, 2.24) is 5.32 Å². The summed E-state index contributed by atoms with van der Waals surface area (Å²) < 4.78 is 4.89. The minimum absolute atomic E-state index is 0.279. The van der Waals surface area contributed by atoms with Crippen molar-refractivity contribution in [3.05, 3.63) is 0 Å². The van der Waals surface area contributed by atoms with Crippen LogP contribution in [0, 0.1) is 0 Å². The molecule has 6 nitrogen and oxygen atoms in total. The summed E-state index contributed by atoms with van der Waals surface area (Å²) in [5, 5.41) is 19.6. The number of rotatable bonds is 16. The molecule has 1 atom stereocenters. The molecule has 0 saturated carbocycles. The Balaban J connectivity index is 3.30. The van der Waals surface area contributed by atoms with Gasteiger partial charge < -0.3 is 20.3 Å². The van der Waals surface area contributed by atoms with Gasteiger partial charge in [0.15, 0.2) is 6.04 Å². The number of unbranched alkanes of at least 4 members (excludes halogenated alkanes) is 11. The van der Waals surface area contributed by atoms with E-state index in [1.165, 1.54) is 57.8 Å². The molecule has 0 heterocycles. The van der Waals surface area contributed by atoms with Gasteiger partial charge in [0.2, 0.25) is 0 Å². The largest absolute Gasteiger partial charge is 0.480 e. The summed E-state index contributed by atoms with van der Waals surface area (Å²) in [6, 6.07) is -1.31. The molecule has 0 aliphatic heterocycles. The highest BCUT2D eigenvalue weighted by molar-refractivity contribution is 5.79. The lowest BCUT2D eigenvalue weighted by Gasteiger charge is -2.11. The van der Waals surface area contributed by atoms with E-state index in [2.05, 4.69) is 12.2 Å². The first-order chi connectivity index (χ1) is 11.6. The van der Waals surface area contributed by atoms with E-state index < -0.39 is 24.7 Å². The van der Waals surface area contributed by atoms with Gasteiger partial charge in [-0.2, -0.15) is 0 Å². The van der Waals surface area contributed by atoms with Crippen molar-refractivity contribution in [2.75, 3.05) is 13.2 Å². The standard InChI is InChI=1S/C18H35NO5/c1-2-3-4-5-6-7-8-9-10-11-12-13-14-24-18(23)19-16(15-20)17(21)22/h16,20H,2-15H2,1H3,(H,19,23)(H,21,22)/t16-/m0/s1. The Morgan fingerprint density at radius 2 is 1.33 bits per heavy atom. The third-order valence-electron chi connectivity index (χ3n) is 4.00. The van der Waals surface area contributed by atoms with Crippen LogP contribution in [0.5, 0.6) is 0 Å².